The van der Waals surface area contributed by atoms with Crippen LogP contribution >= 0.6 is 11.6 Å². The van der Waals surface area contributed by atoms with Crippen molar-refractivity contribution in [2.75, 3.05) is 19.0 Å². The molecule has 0 saturated heterocycles. The normalized spacial score (nSPS) is 24.0. The number of hydrogen-bond acceptors (Lipinski definition) is 3. The highest BCUT2D eigenvalue weighted by Gasteiger charge is 2.42. The Labute approximate surface area is 143 Å². The van der Waals surface area contributed by atoms with Gasteiger partial charge < -0.3 is 14.8 Å². The van der Waals surface area contributed by atoms with Gasteiger partial charge in [0.2, 0.25) is 0 Å². The van der Waals surface area contributed by atoms with E-state index in [0.717, 1.165) is 33.9 Å². The molecule has 1 aliphatic heterocycles. The Hall–Kier alpha value is -1.19. The van der Waals surface area contributed by atoms with Crippen molar-refractivity contribution in [2.24, 2.45) is 11.8 Å². The van der Waals surface area contributed by atoms with Crippen LogP contribution in [0.15, 0.2) is 18.2 Å². The molecule has 2 aliphatic carbocycles. The van der Waals surface area contributed by atoms with Crippen molar-refractivity contribution in [2.45, 2.75) is 44.8 Å². The van der Waals surface area contributed by atoms with Crippen molar-refractivity contribution in [1.29, 1.82) is 0 Å². The van der Waals surface area contributed by atoms with Gasteiger partial charge in [0.25, 0.3) is 0 Å². The molecule has 0 spiro atoms. The minimum absolute atomic E-state index is 0.0939. The Bertz CT molecular complexity index is 623. The summed E-state index contributed by atoms with van der Waals surface area (Å²) in [6, 6.07) is 4.61. The maximum atomic E-state index is 6.79. The van der Waals surface area contributed by atoms with Gasteiger partial charge in [0.1, 0.15) is 5.75 Å². The lowest BCUT2D eigenvalue weighted by Crippen LogP contribution is -2.25. The summed E-state index contributed by atoms with van der Waals surface area (Å²) in [5.74, 6) is 2.44. The van der Waals surface area contributed by atoms with E-state index >= 15 is 0 Å². The SMILES string of the molecule is COc1ccc(C2=CCOC2C)c(Cl)c1NC(C1CC1)C1CC1. The Morgan fingerprint density at radius 1 is 1.22 bits per heavy atom. The van der Waals surface area contributed by atoms with Crippen molar-refractivity contribution in [3.05, 3.63) is 28.8 Å². The first-order valence-electron chi connectivity index (χ1n) is 8.64. The average molecular weight is 334 g/mol. The molecular weight excluding hydrogens is 310 g/mol. The van der Waals surface area contributed by atoms with Crippen LogP contribution in [0.4, 0.5) is 5.69 Å². The van der Waals surface area contributed by atoms with E-state index in [9.17, 15) is 0 Å². The molecule has 1 heterocycles. The summed E-state index contributed by atoms with van der Waals surface area (Å²) < 4.78 is 11.2. The quantitative estimate of drug-likeness (QED) is 0.814. The highest BCUT2D eigenvalue weighted by Crippen LogP contribution is 2.48. The van der Waals surface area contributed by atoms with E-state index in [1.807, 2.05) is 12.1 Å². The molecule has 124 valence electrons. The number of hydrogen-bond donors (Lipinski definition) is 1. The minimum Gasteiger partial charge on any atom is -0.495 e. The largest absolute Gasteiger partial charge is 0.495 e. The molecule has 4 heteroatoms. The molecule has 1 aromatic carbocycles. The van der Waals surface area contributed by atoms with Gasteiger partial charge in [0, 0.05) is 11.6 Å². The Balaban J connectivity index is 1.68. The minimum atomic E-state index is 0.0939. The molecule has 23 heavy (non-hydrogen) atoms. The number of methoxy groups -OCH3 is 1. The Morgan fingerprint density at radius 3 is 2.43 bits per heavy atom. The lowest BCUT2D eigenvalue weighted by atomic mass is 10.00. The van der Waals surface area contributed by atoms with E-state index < -0.39 is 0 Å². The third kappa shape index (κ3) is 2.97. The van der Waals surface area contributed by atoms with Gasteiger partial charge in [-0.05, 0) is 62.1 Å². The summed E-state index contributed by atoms with van der Waals surface area (Å²) in [6.07, 6.45) is 7.57. The van der Waals surface area contributed by atoms with Crippen LogP contribution in [-0.4, -0.2) is 25.9 Å². The van der Waals surface area contributed by atoms with Crippen LogP contribution in [0.5, 0.6) is 5.75 Å². The number of rotatable bonds is 6. The molecule has 3 aliphatic rings. The molecule has 2 fully saturated rings. The summed E-state index contributed by atoms with van der Waals surface area (Å²) in [7, 11) is 1.71. The van der Waals surface area contributed by atoms with Crippen molar-refractivity contribution < 1.29 is 9.47 Å². The van der Waals surface area contributed by atoms with E-state index in [2.05, 4.69) is 18.3 Å². The van der Waals surface area contributed by atoms with Crippen molar-refractivity contribution in [3.63, 3.8) is 0 Å². The number of ether oxygens (including phenoxy) is 2. The molecular formula is C19H24ClNO2. The monoisotopic (exact) mass is 333 g/mol. The predicted molar refractivity (Wildman–Crippen MR) is 94.3 cm³/mol. The zero-order valence-electron chi connectivity index (χ0n) is 13.8. The maximum Gasteiger partial charge on any atom is 0.143 e. The van der Waals surface area contributed by atoms with Crippen LogP contribution < -0.4 is 10.1 Å². The van der Waals surface area contributed by atoms with Crippen LogP contribution in [-0.2, 0) is 4.74 Å². The van der Waals surface area contributed by atoms with Crippen LogP contribution in [0, 0.1) is 11.8 Å². The smallest absolute Gasteiger partial charge is 0.143 e. The zero-order chi connectivity index (χ0) is 16.0. The third-order valence-corrected chi connectivity index (χ3v) is 5.69. The summed E-state index contributed by atoms with van der Waals surface area (Å²) in [6.45, 7) is 2.73. The zero-order valence-corrected chi connectivity index (χ0v) is 14.5. The van der Waals surface area contributed by atoms with Crippen LogP contribution in [0.3, 0.4) is 0 Å². The highest BCUT2D eigenvalue weighted by atomic mass is 35.5. The molecule has 1 atom stereocenters. The van der Waals surface area contributed by atoms with Gasteiger partial charge in [0.05, 0.1) is 30.5 Å². The Kier molecular flexibility index (Phi) is 4.02. The fourth-order valence-electron chi connectivity index (χ4n) is 3.65. The number of halogens is 1. The van der Waals surface area contributed by atoms with E-state index in [-0.39, 0.29) is 6.10 Å². The standard InChI is InChI=1S/C19H24ClNO2/c1-11-14(9-10-23-11)15-7-8-16(22-2)19(17(15)20)21-18(12-3-4-12)13-5-6-13/h7-9,11-13,18,21H,3-6,10H2,1-2H3. The topological polar surface area (TPSA) is 30.5 Å². The van der Waals surface area contributed by atoms with Crippen molar-refractivity contribution >= 4 is 22.9 Å². The molecule has 1 N–H and O–H groups in total. The van der Waals surface area contributed by atoms with Gasteiger partial charge >= 0.3 is 0 Å². The summed E-state index contributed by atoms with van der Waals surface area (Å²) in [5, 5.41) is 4.51. The summed E-state index contributed by atoms with van der Waals surface area (Å²) in [4.78, 5) is 0. The predicted octanol–water partition coefficient (Wildman–Crippen LogP) is 4.75. The molecule has 0 bridgehead atoms. The highest BCUT2D eigenvalue weighted by molar-refractivity contribution is 6.35. The van der Waals surface area contributed by atoms with Gasteiger partial charge in [-0.25, -0.2) is 0 Å². The van der Waals surface area contributed by atoms with Gasteiger partial charge in [-0.2, -0.15) is 0 Å². The first kappa shape index (κ1) is 15.3. The second-order valence-corrected chi connectivity index (χ2v) is 7.36. The lowest BCUT2D eigenvalue weighted by Gasteiger charge is -2.23. The van der Waals surface area contributed by atoms with E-state index in [1.54, 1.807) is 7.11 Å². The van der Waals surface area contributed by atoms with Gasteiger partial charge in [-0.15, -0.1) is 0 Å². The van der Waals surface area contributed by atoms with E-state index in [4.69, 9.17) is 21.1 Å². The van der Waals surface area contributed by atoms with E-state index in [0.29, 0.717) is 12.6 Å². The molecule has 0 aromatic heterocycles. The molecule has 1 aromatic rings. The van der Waals surface area contributed by atoms with Crippen molar-refractivity contribution in [3.8, 4) is 5.75 Å². The number of benzene rings is 1. The fourth-order valence-corrected chi connectivity index (χ4v) is 3.97. The average Bonchev–Trinajstić information content (AvgIpc) is 3.46. The van der Waals surface area contributed by atoms with Crippen molar-refractivity contribution in [1.82, 2.24) is 0 Å². The third-order valence-electron chi connectivity index (χ3n) is 5.29. The molecule has 1 unspecified atom stereocenters. The summed E-state index contributed by atoms with van der Waals surface area (Å²) in [5.41, 5.74) is 3.19. The van der Waals surface area contributed by atoms with Crippen LogP contribution in [0.2, 0.25) is 5.02 Å². The Morgan fingerprint density at radius 2 is 1.91 bits per heavy atom. The van der Waals surface area contributed by atoms with Gasteiger partial charge in [0.15, 0.2) is 0 Å². The first-order chi connectivity index (χ1) is 11.2. The number of anilines is 1. The molecule has 0 radical (unpaired) electrons. The second-order valence-electron chi connectivity index (χ2n) is 6.98. The molecule has 4 rings (SSSR count). The molecule has 0 amide bonds. The maximum absolute atomic E-state index is 6.79. The van der Waals surface area contributed by atoms with E-state index in [1.165, 1.54) is 31.3 Å². The molecule has 2 saturated carbocycles. The van der Waals surface area contributed by atoms with Crippen LogP contribution in [0.1, 0.15) is 38.2 Å². The second kappa shape index (κ2) is 6.03. The van der Waals surface area contributed by atoms with Gasteiger partial charge in [-0.3, -0.25) is 0 Å². The lowest BCUT2D eigenvalue weighted by molar-refractivity contribution is 0.147. The van der Waals surface area contributed by atoms with Crippen LogP contribution in [0.25, 0.3) is 5.57 Å². The summed E-state index contributed by atoms with van der Waals surface area (Å²) >= 11 is 6.79. The fraction of sp³-hybridized carbons (Fsp3) is 0.579. The molecule has 3 nitrogen and oxygen atoms in total. The van der Waals surface area contributed by atoms with Gasteiger partial charge in [-0.1, -0.05) is 17.7 Å². The first-order valence-corrected chi connectivity index (χ1v) is 9.02. The number of nitrogens with one attached hydrogen (secondary N) is 1.